The summed E-state index contributed by atoms with van der Waals surface area (Å²) in [7, 11) is 0. The van der Waals surface area contributed by atoms with Crippen molar-refractivity contribution in [1.82, 2.24) is 14.7 Å². The van der Waals surface area contributed by atoms with E-state index in [9.17, 15) is 0 Å². The molecule has 0 spiro atoms. The van der Waals surface area contributed by atoms with Crippen LogP contribution in [0.4, 0.5) is 0 Å². The molecular formula is C14H17N3S2. The van der Waals surface area contributed by atoms with Crippen LogP contribution in [0.25, 0.3) is 4.96 Å². The van der Waals surface area contributed by atoms with Crippen molar-refractivity contribution in [2.24, 2.45) is 0 Å². The van der Waals surface area contributed by atoms with Crippen molar-refractivity contribution in [1.29, 1.82) is 0 Å². The number of hydrogen-bond acceptors (Lipinski definition) is 4. The summed E-state index contributed by atoms with van der Waals surface area (Å²) in [5, 5.41) is 7.88. The summed E-state index contributed by atoms with van der Waals surface area (Å²) in [6, 6.07) is 4.66. The lowest BCUT2D eigenvalue weighted by molar-refractivity contribution is 0.571. The number of hydrogen-bond donors (Lipinski definition) is 1. The second-order valence-corrected chi connectivity index (χ2v) is 6.57. The highest BCUT2D eigenvalue weighted by Crippen LogP contribution is 2.22. The molecule has 1 atom stereocenters. The molecule has 3 rings (SSSR count). The SMILES string of the molecule is Cc1nc2scc(C)n2c1CNC(C)c1cccs1. The lowest BCUT2D eigenvalue weighted by atomic mass is 10.2. The second-order valence-electron chi connectivity index (χ2n) is 4.76. The van der Waals surface area contributed by atoms with Gasteiger partial charge in [0.2, 0.25) is 0 Å². The third-order valence-corrected chi connectivity index (χ3v) is 5.37. The Morgan fingerprint density at radius 3 is 2.95 bits per heavy atom. The molecule has 0 aromatic carbocycles. The molecule has 0 fully saturated rings. The van der Waals surface area contributed by atoms with Crippen LogP contribution in [0.3, 0.4) is 0 Å². The van der Waals surface area contributed by atoms with E-state index in [0.717, 1.165) is 17.2 Å². The van der Waals surface area contributed by atoms with Gasteiger partial charge in [0, 0.05) is 28.5 Å². The normalized spacial score (nSPS) is 13.2. The number of nitrogens with zero attached hydrogens (tertiary/aromatic N) is 2. The van der Waals surface area contributed by atoms with Crippen LogP contribution in [0, 0.1) is 13.8 Å². The number of aromatic nitrogens is 2. The zero-order valence-electron chi connectivity index (χ0n) is 11.3. The van der Waals surface area contributed by atoms with E-state index in [2.05, 4.69) is 58.4 Å². The van der Waals surface area contributed by atoms with Crippen LogP contribution in [0.2, 0.25) is 0 Å². The van der Waals surface area contributed by atoms with Crippen LogP contribution in [0.5, 0.6) is 0 Å². The zero-order chi connectivity index (χ0) is 13.4. The molecule has 0 bridgehead atoms. The lowest BCUT2D eigenvalue weighted by Gasteiger charge is -2.12. The van der Waals surface area contributed by atoms with E-state index < -0.39 is 0 Å². The molecule has 0 radical (unpaired) electrons. The maximum absolute atomic E-state index is 4.62. The van der Waals surface area contributed by atoms with Crippen molar-refractivity contribution in [3.8, 4) is 0 Å². The summed E-state index contributed by atoms with van der Waals surface area (Å²) in [6.45, 7) is 7.28. The first kappa shape index (κ1) is 12.8. The van der Waals surface area contributed by atoms with Gasteiger partial charge in [-0.3, -0.25) is 4.40 Å². The number of imidazole rings is 1. The van der Waals surface area contributed by atoms with Crippen LogP contribution in [-0.2, 0) is 6.54 Å². The first-order valence-electron chi connectivity index (χ1n) is 6.35. The smallest absolute Gasteiger partial charge is 0.194 e. The quantitative estimate of drug-likeness (QED) is 0.789. The average molecular weight is 291 g/mol. The van der Waals surface area contributed by atoms with Crippen LogP contribution < -0.4 is 5.32 Å². The van der Waals surface area contributed by atoms with Crippen LogP contribution in [0.1, 0.15) is 34.9 Å². The highest BCUT2D eigenvalue weighted by molar-refractivity contribution is 7.15. The molecule has 0 saturated carbocycles. The molecule has 19 heavy (non-hydrogen) atoms. The Morgan fingerprint density at radius 2 is 2.21 bits per heavy atom. The van der Waals surface area contributed by atoms with E-state index in [1.54, 1.807) is 22.7 Å². The fourth-order valence-electron chi connectivity index (χ4n) is 2.26. The monoisotopic (exact) mass is 291 g/mol. The fourth-order valence-corrected chi connectivity index (χ4v) is 3.95. The number of fused-ring (bicyclic) bond motifs is 1. The number of thiazole rings is 1. The molecule has 0 aliphatic rings. The summed E-state index contributed by atoms with van der Waals surface area (Å²) >= 11 is 3.51. The molecule has 3 nitrogen and oxygen atoms in total. The van der Waals surface area contributed by atoms with Gasteiger partial charge in [-0.25, -0.2) is 4.98 Å². The fraction of sp³-hybridized carbons (Fsp3) is 0.357. The Labute approximate surface area is 120 Å². The van der Waals surface area contributed by atoms with Gasteiger partial charge in [-0.1, -0.05) is 6.07 Å². The van der Waals surface area contributed by atoms with E-state index in [0.29, 0.717) is 6.04 Å². The average Bonchev–Trinajstić information content (AvgIpc) is 3.07. The van der Waals surface area contributed by atoms with Gasteiger partial charge in [-0.05, 0) is 32.2 Å². The molecule has 1 N–H and O–H groups in total. The topological polar surface area (TPSA) is 29.3 Å². The molecule has 100 valence electrons. The van der Waals surface area contributed by atoms with Gasteiger partial charge in [-0.15, -0.1) is 22.7 Å². The molecule has 0 aliphatic carbocycles. The van der Waals surface area contributed by atoms with Crippen LogP contribution in [0.15, 0.2) is 22.9 Å². The number of rotatable bonds is 4. The molecule has 3 aromatic heterocycles. The minimum Gasteiger partial charge on any atom is -0.304 e. The van der Waals surface area contributed by atoms with E-state index in [-0.39, 0.29) is 0 Å². The second kappa shape index (κ2) is 5.07. The maximum atomic E-state index is 4.62. The van der Waals surface area contributed by atoms with E-state index in [4.69, 9.17) is 0 Å². The predicted octanol–water partition coefficient (Wildman–Crippen LogP) is 3.92. The van der Waals surface area contributed by atoms with Crippen molar-refractivity contribution < 1.29 is 0 Å². The maximum Gasteiger partial charge on any atom is 0.194 e. The highest BCUT2D eigenvalue weighted by atomic mass is 32.1. The molecule has 0 aliphatic heterocycles. The summed E-state index contributed by atoms with van der Waals surface area (Å²) in [5.41, 5.74) is 3.67. The number of nitrogens with one attached hydrogen (secondary N) is 1. The van der Waals surface area contributed by atoms with Crippen molar-refractivity contribution in [2.75, 3.05) is 0 Å². The van der Waals surface area contributed by atoms with Crippen molar-refractivity contribution in [3.63, 3.8) is 0 Å². The summed E-state index contributed by atoms with van der Waals surface area (Å²) < 4.78 is 2.26. The Balaban J connectivity index is 1.82. The Morgan fingerprint density at radius 1 is 1.37 bits per heavy atom. The summed E-state index contributed by atoms with van der Waals surface area (Å²) in [6.07, 6.45) is 0. The lowest BCUT2D eigenvalue weighted by Crippen LogP contribution is -2.18. The molecule has 0 saturated heterocycles. The largest absolute Gasteiger partial charge is 0.304 e. The van der Waals surface area contributed by atoms with Gasteiger partial charge in [0.15, 0.2) is 4.96 Å². The third kappa shape index (κ3) is 2.33. The molecule has 0 amide bonds. The van der Waals surface area contributed by atoms with E-state index in [1.165, 1.54) is 16.3 Å². The third-order valence-electron chi connectivity index (χ3n) is 3.38. The van der Waals surface area contributed by atoms with Gasteiger partial charge in [-0.2, -0.15) is 0 Å². The van der Waals surface area contributed by atoms with Crippen LogP contribution in [-0.4, -0.2) is 9.38 Å². The number of thiophene rings is 1. The van der Waals surface area contributed by atoms with Crippen LogP contribution >= 0.6 is 22.7 Å². The standard InChI is InChI=1S/C14H17N3S2/c1-9-8-19-14-16-10(2)12(17(9)14)7-15-11(3)13-5-4-6-18-13/h4-6,8,11,15H,7H2,1-3H3. The van der Waals surface area contributed by atoms with Crippen molar-refractivity contribution in [3.05, 3.63) is 44.9 Å². The molecule has 3 aromatic rings. The minimum absolute atomic E-state index is 0.379. The Kier molecular flexibility index (Phi) is 3.43. The highest BCUT2D eigenvalue weighted by Gasteiger charge is 2.13. The van der Waals surface area contributed by atoms with Gasteiger partial charge < -0.3 is 5.32 Å². The van der Waals surface area contributed by atoms with Gasteiger partial charge in [0.05, 0.1) is 11.4 Å². The first-order valence-corrected chi connectivity index (χ1v) is 8.11. The first-order chi connectivity index (χ1) is 9.16. The van der Waals surface area contributed by atoms with Gasteiger partial charge in [0.25, 0.3) is 0 Å². The van der Waals surface area contributed by atoms with Gasteiger partial charge >= 0.3 is 0 Å². The molecular weight excluding hydrogens is 274 g/mol. The number of aryl methyl sites for hydroxylation is 2. The molecule has 3 heterocycles. The van der Waals surface area contributed by atoms with Gasteiger partial charge in [0.1, 0.15) is 0 Å². The summed E-state index contributed by atoms with van der Waals surface area (Å²) in [4.78, 5) is 7.09. The van der Waals surface area contributed by atoms with E-state index in [1.807, 2.05) is 0 Å². The summed E-state index contributed by atoms with van der Waals surface area (Å²) in [5.74, 6) is 0. The van der Waals surface area contributed by atoms with Crippen molar-refractivity contribution in [2.45, 2.75) is 33.4 Å². The predicted molar refractivity (Wildman–Crippen MR) is 82.1 cm³/mol. The molecule has 1 unspecified atom stereocenters. The minimum atomic E-state index is 0.379. The van der Waals surface area contributed by atoms with Crippen molar-refractivity contribution >= 4 is 27.6 Å². The Bertz CT molecular complexity index is 679. The molecule has 5 heteroatoms. The van der Waals surface area contributed by atoms with E-state index >= 15 is 0 Å². The zero-order valence-corrected chi connectivity index (χ0v) is 12.9. The Hall–Kier alpha value is -1.17.